The van der Waals surface area contributed by atoms with Crippen LogP contribution in [0.5, 0.6) is 0 Å². The molecule has 0 amide bonds. The van der Waals surface area contributed by atoms with Crippen LogP contribution >= 0.6 is 34.8 Å². The maximum atomic E-state index is 9.76. The minimum Gasteiger partial charge on any atom is -0.396 e. The Labute approximate surface area is 161 Å². The first-order valence-corrected chi connectivity index (χ1v) is 9.38. The van der Waals surface area contributed by atoms with E-state index in [1.807, 2.05) is 31.2 Å². The van der Waals surface area contributed by atoms with Crippen molar-refractivity contribution in [2.75, 3.05) is 13.2 Å². The van der Waals surface area contributed by atoms with Crippen molar-refractivity contribution in [3.63, 3.8) is 0 Å². The third-order valence-corrected chi connectivity index (χ3v) is 5.90. The summed E-state index contributed by atoms with van der Waals surface area (Å²) in [6.07, 6.45) is 0.761. The highest BCUT2D eigenvalue weighted by atomic mass is 35.5. The van der Waals surface area contributed by atoms with Crippen LogP contribution in [0, 0.1) is 5.92 Å². The first-order valence-electron chi connectivity index (χ1n) is 8.24. The molecule has 0 heterocycles. The van der Waals surface area contributed by atoms with Crippen molar-refractivity contribution < 1.29 is 10.2 Å². The fraction of sp³-hybridized carbons (Fsp3) is 0.300. The minimum atomic E-state index is -0.268. The molecular formula is C20H19Cl3O2. The molecule has 1 atom stereocenters. The van der Waals surface area contributed by atoms with E-state index in [0.717, 1.165) is 33.5 Å². The Kier molecular flexibility index (Phi) is 5.77. The standard InChI is InChI=1S/C20H19Cl3O2/c1-2-12(11(9-24)10-25)17-13-5-3-7-15(21)18(13)20(23)19-14(17)6-4-8-16(19)22/h3-8,11-12,24-25H,2,9-10H2,1H3. The molecule has 3 aromatic rings. The van der Waals surface area contributed by atoms with E-state index < -0.39 is 0 Å². The summed E-state index contributed by atoms with van der Waals surface area (Å²) in [7, 11) is 0. The topological polar surface area (TPSA) is 40.5 Å². The number of fused-ring (bicyclic) bond motifs is 2. The summed E-state index contributed by atoms with van der Waals surface area (Å²) in [5.41, 5.74) is 1.02. The van der Waals surface area contributed by atoms with Crippen LogP contribution in [0.15, 0.2) is 36.4 Å². The molecule has 2 nitrogen and oxygen atoms in total. The Morgan fingerprint density at radius 2 is 1.32 bits per heavy atom. The van der Waals surface area contributed by atoms with Crippen LogP contribution in [-0.4, -0.2) is 23.4 Å². The zero-order valence-electron chi connectivity index (χ0n) is 13.8. The van der Waals surface area contributed by atoms with E-state index in [1.54, 1.807) is 12.1 Å². The Morgan fingerprint density at radius 3 is 1.72 bits per heavy atom. The molecule has 0 spiro atoms. The quantitative estimate of drug-likeness (QED) is 0.515. The molecule has 0 aliphatic rings. The molecule has 5 heteroatoms. The lowest BCUT2D eigenvalue weighted by Crippen LogP contribution is -2.21. The van der Waals surface area contributed by atoms with Crippen molar-refractivity contribution in [1.82, 2.24) is 0 Å². The van der Waals surface area contributed by atoms with E-state index in [2.05, 4.69) is 0 Å². The maximum Gasteiger partial charge on any atom is 0.0592 e. The smallest absolute Gasteiger partial charge is 0.0592 e. The summed E-state index contributed by atoms with van der Waals surface area (Å²) in [6.45, 7) is 1.86. The molecule has 0 saturated heterocycles. The van der Waals surface area contributed by atoms with Crippen molar-refractivity contribution in [2.45, 2.75) is 19.3 Å². The monoisotopic (exact) mass is 396 g/mol. The van der Waals surface area contributed by atoms with Crippen LogP contribution in [-0.2, 0) is 0 Å². The molecule has 0 aliphatic carbocycles. The molecule has 1 unspecified atom stereocenters. The lowest BCUT2D eigenvalue weighted by atomic mass is 9.80. The van der Waals surface area contributed by atoms with E-state index in [9.17, 15) is 10.2 Å². The van der Waals surface area contributed by atoms with Gasteiger partial charge >= 0.3 is 0 Å². The molecule has 0 aromatic heterocycles. The third kappa shape index (κ3) is 3.11. The summed E-state index contributed by atoms with van der Waals surface area (Å²) in [4.78, 5) is 0. The highest BCUT2D eigenvalue weighted by Gasteiger charge is 2.26. The zero-order chi connectivity index (χ0) is 18.1. The molecule has 0 radical (unpaired) electrons. The van der Waals surface area contributed by atoms with Gasteiger partial charge in [0.1, 0.15) is 0 Å². The second-order valence-corrected chi connectivity index (χ2v) is 7.38. The van der Waals surface area contributed by atoms with E-state index >= 15 is 0 Å². The average molecular weight is 398 g/mol. The lowest BCUT2D eigenvalue weighted by molar-refractivity contribution is 0.129. The molecule has 25 heavy (non-hydrogen) atoms. The van der Waals surface area contributed by atoms with E-state index in [-0.39, 0.29) is 25.0 Å². The third-order valence-electron chi connectivity index (χ3n) is 4.90. The highest BCUT2D eigenvalue weighted by Crippen LogP contribution is 2.46. The van der Waals surface area contributed by atoms with E-state index in [4.69, 9.17) is 34.8 Å². The Balaban J connectivity index is 2.52. The number of aliphatic hydroxyl groups excluding tert-OH is 2. The minimum absolute atomic E-state index is 0.0470. The Morgan fingerprint density at radius 1 is 0.840 bits per heavy atom. The molecular weight excluding hydrogens is 379 g/mol. The van der Waals surface area contributed by atoms with Crippen LogP contribution in [0.1, 0.15) is 24.8 Å². The number of benzene rings is 3. The summed E-state index contributed by atoms with van der Waals surface area (Å²) < 4.78 is 0. The maximum absolute atomic E-state index is 9.76. The van der Waals surface area contributed by atoms with Gasteiger partial charge < -0.3 is 10.2 Å². The fourth-order valence-corrected chi connectivity index (χ4v) is 4.74. The van der Waals surface area contributed by atoms with Gasteiger partial charge in [0.25, 0.3) is 0 Å². The predicted molar refractivity (Wildman–Crippen MR) is 107 cm³/mol. The number of rotatable bonds is 5. The highest BCUT2D eigenvalue weighted by molar-refractivity contribution is 6.48. The summed E-state index contributed by atoms with van der Waals surface area (Å²) in [5, 5.41) is 24.6. The van der Waals surface area contributed by atoms with Crippen LogP contribution in [0.3, 0.4) is 0 Å². The molecule has 3 rings (SSSR count). The predicted octanol–water partition coefficient (Wildman–Crippen LogP) is 6.05. The zero-order valence-corrected chi connectivity index (χ0v) is 16.0. The van der Waals surface area contributed by atoms with Crippen molar-refractivity contribution in [2.24, 2.45) is 5.92 Å². The normalized spacial score (nSPS) is 13.1. The van der Waals surface area contributed by atoms with Crippen molar-refractivity contribution in [1.29, 1.82) is 0 Å². The molecule has 132 valence electrons. The van der Waals surface area contributed by atoms with Gasteiger partial charge in [-0.05, 0) is 40.8 Å². The van der Waals surface area contributed by atoms with Gasteiger partial charge in [0.05, 0.1) is 5.02 Å². The van der Waals surface area contributed by atoms with Gasteiger partial charge in [-0.2, -0.15) is 0 Å². The van der Waals surface area contributed by atoms with Gasteiger partial charge in [0, 0.05) is 39.9 Å². The fourth-order valence-electron chi connectivity index (χ4n) is 3.70. The second kappa shape index (κ2) is 7.69. The average Bonchev–Trinajstić information content (AvgIpc) is 2.61. The molecule has 0 fully saturated rings. The second-order valence-electron chi connectivity index (χ2n) is 6.19. The number of hydrogen-bond donors (Lipinski definition) is 2. The number of aliphatic hydroxyl groups is 2. The summed E-state index contributed by atoms with van der Waals surface area (Å²) >= 11 is 19.6. The van der Waals surface area contributed by atoms with Gasteiger partial charge in [-0.3, -0.25) is 0 Å². The summed E-state index contributed by atoms with van der Waals surface area (Å²) in [6, 6.07) is 11.4. The first-order chi connectivity index (χ1) is 12.0. The Hall–Kier alpha value is -1.03. The SMILES string of the molecule is CCC(c1c2cccc(Cl)c2c(Cl)c2c(Cl)cccc12)C(CO)CO. The van der Waals surface area contributed by atoms with E-state index in [1.165, 1.54) is 0 Å². The van der Waals surface area contributed by atoms with Gasteiger partial charge in [0.15, 0.2) is 0 Å². The van der Waals surface area contributed by atoms with Crippen molar-refractivity contribution in [3.8, 4) is 0 Å². The van der Waals surface area contributed by atoms with Gasteiger partial charge in [-0.25, -0.2) is 0 Å². The van der Waals surface area contributed by atoms with Gasteiger partial charge in [-0.1, -0.05) is 66.0 Å². The molecule has 0 aliphatic heterocycles. The van der Waals surface area contributed by atoms with Gasteiger partial charge in [-0.15, -0.1) is 0 Å². The summed E-state index contributed by atoms with van der Waals surface area (Å²) in [5.74, 6) is -0.315. The van der Waals surface area contributed by atoms with E-state index in [0.29, 0.717) is 15.1 Å². The van der Waals surface area contributed by atoms with Gasteiger partial charge in [0.2, 0.25) is 0 Å². The van der Waals surface area contributed by atoms with Crippen molar-refractivity contribution in [3.05, 3.63) is 57.0 Å². The Bertz CT molecular complexity index is 857. The molecule has 3 aromatic carbocycles. The first kappa shape index (κ1) is 18.8. The number of halogens is 3. The van der Waals surface area contributed by atoms with Crippen LogP contribution in [0.2, 0.25) is 15.1 Å². The molecule has 2 N–H and O–H groups in total. The molecule has 0 saturated carbocycles. The van der Waals surface area contributed by atoms with Crippen LogP contribution in [0.25, 0.3) is 21.5 Å². The van der Waals surface area contributed by atoms with Crippen LogP contribution < -0.4 is 0 Å². The van der Waals surface area contributed by atoms with Crippen molar-refractivity contribution >= 4 is 56.3 Å². The largest absolute Gasteiger partial charge is 0.396 e. The molecule has 0 bridgehead atoms. The number of hydrogen-bond acceptors (Lipinski definition) is 2. The lowest BCUT2D eigenvalue weighted by Gasteiger charge is -2.27. The van der Waals surface area contributed by atoms with Crippen LogP contribution in [0.4, 0.5) is 0 Å².